The van der Waals surface area contributed by atoms with Crippen LogP contribution in [0.4, 0.5) is 0 Å². The molecule has 6 atom stereocenters. The molecule has 0 heterocycles. The molecule has 0 saturated heterocycles. The van der Waals surface area contributed by atoms with Gasteiger partial charge in [-0.05, 0) is 43.4 Å². The molecule has 17 nitrogen and oxygen atoms in total. The number of esters is 4. The van der Waals surface area contributed by atoms with E-state index in [-0.39, 0.29) is 25.7 Å². The summed E-state index contributed by atoms with van der Waals surface area (Å²) in [5.74, 6) is 0.218. The standard InChI is InChI=1S/C72H140O17P2/c1-8-10-11-12-29-39-46-53-69(74)82-59-67(89-72(77)56-49-42-35-28-27-32-38-45-52-65(7)9-2)61-86-90(78,79)84-57-66(73)58-85-91(80,81)87-62-68(60-83-70(75)54-47-40-33-25-21-18-17-20-24-31-37-44-51-64(5)6)88-71(76)55-48-41-34-26-22-16-14-13-15-19-23-30-36-43-50-63(3)4/h63-68,73H,8-62H2,1-7H3,(H,78,79)(H,80,81)/t65?,66-,67+,68+/m0/s1. The molecule has 540 valence electrons. The summed E-state index contributed by atoms with van der Waals surface area (Å²) in [4.78, 5) is 72.5. The van der Waals surface area contributed by atoms with Gasteiger partial charge in [0.05, 0.1) is 26.4 Å². The molecular formula is C72H140O17P2. The van der Waals surface area contributed by atoms with Gasteiger partial charge >= 0.3 is 39.5 Å². The van der Waals surface area contributed by atoms with Crippen LogP contribution in [0.5, 0.6) is 0 Å². The summed E-state index contributed by atoms with van der Waals surface area (Å²) in [5.41, 5.74) is 0. The molecule has 0 aromatic rings. The quantitative estimate of drug-likeness (QED) is 0.0222. The van der Waals surface area contributed by atoms with Crippen molar-refractivity contribution in [2.24, 2.45) is 17.8 Å². The van der Waals surface area contributed by atoms with E-state index in [0.29, 0.717) is 25.7 Å². The van der Waals surface area contributed by atoms with Gasteiger partial charge < -0.3 is 33.8 Å². The molecule has 0 aromatic carbocycles. The second-order valence-corrected chi connectivity index (χ2v) is 30.1. The van der Waals surface area contributed by atoms with Crippen molar-refractivity contribution in [3.05, 3.63) is 0 Å². The van der Waals surface area contributed by atoms with E-state index in [0.717, 1.165) is 120 Å². The van der Waals surface area contributed by atoms with Crippen LogP contribution in [0.25, 0.3) is 0 Å². The number of aliphatic hydroxyl groups excluding tert-OH is 1. The van der Waals surface area contributed by atoms with Crippen molar-refractivity contribution < 1.29 is 80.2 Å². The van der Waals surface area contributed by atoms with Crippen molar-refractivity contribution in [2.45, 2.75) is 381 Å². The van der Waals surface area contributed by atoms with Gasteiger partial charge in [0.1, 0.15) is 19.3 Å². The molecule has 0 spiro atoms. The third-order valence-electron chi connectivity index (χ3n) is 17.0. The Morgan fingerprint density at radius 2 is 0.560 bits per heavy atom. The van der Waals surface area contributed by atoms with Crippen LogP contribution in [-0.2, 0) is 65.4 Å². The third-order valence-corrected chi connectivity index (χ3v) is 18.9. The topological polar surface area (TPSA) is 237 Å². The largest absolute Gasteiger partial charge is 0.472 e. The van der Waals surface area contributed by atoms with E-state index in [1.54, 1.807) is 0 Å². The Hall–Kier alpha value is -1.94. The lowest BCUT2D eigenvalue weighted by atomic mass is 9.99. The van der Waals surface area contributed by atoms with Crippen LogP contribution < -0.4 is 0 Å². The van der Waals surface area contributed by atoms with Crippen LogP contribution in [0.15, 0.2) is 0 Å². The van der Waals surface area contributed by atoms with Gasteiger partial charge in [-0.25, -0.2) is 9.13 Å². The molecule has 0 radical (unpaired) electrons. The first-order chi connectivity index (χ1) is 43.8. The van der Waals surface area contributed by atoms with E-state index in [4.69, 9.17) is 37.0 Å². The Bertz CT molecular complexity index is 1790. The maximum Gasteiger partial charge on any atom is 0.472 e. The normalized spacial score (nSPS) is 14.5. The summed E-state index contributed by atoms with van der Waals surface area (Å²) in [5, 5.41) is 10.6. The fourth-order valence-corrected chi connectivity index (χ4v) is 12.4. The van der Waals surface area contributed by atoms with Crippen molar-refractivity contribution in [3.63, 3.8) is 0 Å². The van der Waals surface area contributed by atoms with E-state index in [9.17, 15) is 43.2 Å². The van der Waals surface area contributed by atoms with Gasteiger partial charge in [0.15, 0.2) is 12.2 Å². The molecule has 19 heteroatoms. The van der Waals surface area contributed by atoms with E-state index in [1.807, 2.05) is 0 Å². The first kappa shape index (κ1) is 89.1. The van der Waals surface area contributed by atoms with Crippen LogP contribution in [0.1, 0.15) is 363 Å². The van der Waals surface area contributed by atoms with E-state index >= 15 is 0 Å². The molecule has 0 aliphatic rings. The van der Waals surface area contributed by atoms with Gasteiger partial charge in [-0.3, -0.25) is 37.3 Å². The molecule has 0 fully saturated rings. The number of hydrogen-bond donors (Lipinski definition) is 3. The van der Waals surface area contributed by atoms with Gasteiger partial charge in [0.2, 0.25) is 0 Å². The van der Waals surface area contributed by atoms with Crippen molar-refractivity contribution >= 4 is 39.5 Å². The van der Waals surface area contributed by atoms with Crippen LogP contribution in [0.2, 0.25) is 0 Å². The molecular weight excluding hydrogens is 1200 g/mol. The number of aliphatic hydroxyl groups is 1. The van der Waals surface area contributed by atoms with E-state index < -0.39 is 97.5 Å². The first-order valence-electron chi connectivity index (χ1n) is 37.4. The second kappa shape index (κ2) is 62.8. The molecule has 0 aromatic heterocycles. The second-order valence-electron chi connectivity index (χ2n) is 27.2. The minimum atomic E-state index is -4.95. The third kappa shape index (κ3) is 65.1. The molecule has 0 rings (SSSR count). The Morgan fingerprint density at radius 3 is 0.835 bits per heavy atom. The summed E-state index contributed by atoms with van der Waals surface area (Å²) >= 11 is 0. The zero-order chi connectivity index (χ0) is 67.3. The monoisotopic (exact) mass is 1340 g/mol. The average Bonchev–Trinajstić information content (AvgIpc) is 3.70. The lowest BCUT2D eigenvalue weighted by Gasteiger charge is -2.21. The predicted octanol–water partition coefficient (Wildman–Crippen LogP) is 20.6. The van der Waals surface area contributed by atoms with E-state index in [1.165, 1.54) is 161 Å². The molecule has 0 amide bonds. The highest BCUT2D eigenvalue weighted by molar-refractivity contribution is 7.47. The SMILES string of the molecule is CCCCCCCCCC(=O)OC[C@H](COP(=O)(O)OC[C@H](O)COP(=O)(O)OC[C@@H](COC(=O)CCCCCCCCCCCCCCC(C)C)OC(=O)CCCCCCCCCCCCCCCCC(C)C)OC(=O)CCCCCCCCCCC(C)CC. The highest BCUT2D eigenvalue weighted by Gasteiger charge is 2.30. The summed E-state index contributed by atoms with van der Waals surface area (Å²) < 4.78 is 68.3. The van der Waals surface area contributed by atoms with Crippen molar-refractivity contribution in [2.75, 3.05) is 39.6 Å². The van der Waals surface area contributed by atoms with Crippen LogP contribution in [0.3, 0.4) is 0 Å². The summed E-state index contributed by atoms with van der Waals surface area (Å²) in [6, 6.07) is 0. The Labute approximate surface area is 556 Å². The number of carbonyl (C=O) groups excluding carboxylic acids is 4. The number of hydrogen-bond acceptors (Lipinski definition) is 15. The summed E-state index contributed by atoms with van der Waals surface area (Å²) in [6.07, 6.45) is 47.2. The molecule has 3 unspecified atom stereocenters. The molecule has 3 N–H and O–H groups in total. The Balaban J connectivity index is 5.21. The number of unbranched alkanes of at least 4 members (excludes halogenated alkanes) is 37. The molecule has 0 aliphatic carbocycles. The minimum Gasteiger partial charge on any atom is -0.462 e. The van der Waals surface area contributed by atoms with Crippen molar-refractivity contribution in [1.82, 2.24) is 0 Å². The number of carbonyl (C=O) groups is 4. The van der Waals surface area contributed by atoms with Crippen molar-refractivity contribution in [3.8, 4) is 0 Å². The maximum atomic E-state index is 13.0. The predicted molar refractivity (Wildman–Crippen MR) is 368 cm³/mol. The Morgan fingerprint density at radius 1 is 0.319 bits per heavy atom. The molecule has 0 aliphatic heterocycles. The van der Waals surface area contributed by atoms with Gasteiger partial charge in [-0.2, -0.15) is 0 Å². The molecule has 0 bridgehead atoms. The van der Waals surface area contributed by atoms with Gasteiger partial charge in [-0.1, -0.05) is 312 Å². The summed E-state index contributed by atoms with van der Waals surface area (Å²) in [6.45, 7) is 11.9. The van der Waals surface area contributed by atoms with Gasteiger partial charge in [0.25, 0.3) is 0 Å². The zero-order valence-corrected chi connectivity index (χ0v) is 61.1. The first-order valence-corrected chi connectivity index (χ1v) is 40.4. The van der Waals surface area contributed by atoms with E-state index in [2.05, 4.69) is 48.5 Å². The maximum absolute atomic E-state index is 13.0. The van der Waals surface area contributed by atoms with Gasteiger partial charge in [-0.15, -0.1) is 0 Å². The number of phosphoric acid groups is 2. The molecule has 91 heavy (non-hydrogen) atoms. The summed E-state index contributed by atoms with van der Waals surface area (Å²) in [7, 11) is -9.90. The molecule has 0 saturated carbocycles. The van der Waals surface area contributed by atoms with Crippen LogP contribution in [-0.4, -0.2) is 96.7 Å². The zero-order valence-electron chi connectivity index (χ0n) is 59.3. The average molecular weight is 1340 g/mol. The highest BCUT2D eigenvalue weighted by atomic mass is 31.2. The Kier molecular flexibility index (Phi) is 61.5. The number of phosphoric ester groups is 2. The fraction of sp³-hybridized carbons (Fsp3) is 0.944. The van der Waals surface area contributed by atoms with Gasteiger partial charge in [0, 0.05) is 25.7 Å². The van der Waals surface area contributed by atoms with Crippen LogP contribution >= 0.6 is 15.6 Å². The number of ether oxygens (including phenoxy) is 4. The fourth-order valence-electron chi connectivity index (χ4n) is 10.9. The highest BCUT2D eigenvalue weighted by Crippen LogP contribution is 2.45. The van der Waals surface area contributed by atoms with Crippen molar-refractivity contribution in [1.29, 1.82) is 0 Å². The lowest BCUT2D eigenvalue weighted by Crippen LogP contribution is -2.30. The number of rotatable bonds is 70. The lowest BCUT2D eigenvalue weighted by molar-refractivity contribution is -0.161. The van der Waals surface area contributed by atoms with Crippen LogP contribution in [0, 0.1) is 17.8 Å². The smallest absolute Gasteiger partial charge is 0.462 e. The minimum absolute atomic E-state index is 0.104.